The number of hydrogen-bond acceptors (Lipinski definition) is 6. The summed E-state index contributed by atoms with van der Waals surface area (Å²) < 4.78 is 21.0. The van der Waals surface area contributed by atoms with Crippen LogP contribution in [0.4, 0.5) is 4.79 Å². The fourth-order valence-corrected chi connectivity index (χ4v) is 1.90. The summed E-state index contributed by atoms with van der Waals surface area (Å²) in [6, 6.07) is -0.706. The Bertz CT molecular complexity index is 360. The molecule has 7 nitrogen and oxygen atoms in total. The van der Waals surface area contributed by atoms with Crippen molar-refractivity contribution >= 4 is 6.09 Å². The van der Waals surface area contributed by atoms with E-state index in [0.29, 0.717) is 0 Å². The van der Waals surface area contributed by atoms with Crippen molar-refractivity contribution in [2.24, 2.45) is 0 Å². The third-order valence-electron chi connectivity index (χ3n) is 2.81. The van der Waals surface area contributed by atoms with Gasteiger partial charge in [0.25, 0.3) is 0 Å². The molecule has 0 aromatic carbocycles. The van der Waals surface area contributed by atoms with Gasteiger partial charge in [-0.25, -0.2) is 9.69 Å². The van der Waals surface area contributed by atoms with Crippen LogP contribution in [-0.4, -0.2) is 60.8 Å². The summed E-state index contributed by atoms with van der Waals surface area (Å²) in [6.07, 6.45) is -2.09. The molecule has 1 aliphatic heterocycles. The maximum Gasteiger partial charge on any atom is 0.416 e. The normalized spacial score (nSPS) is 23.5. The maximum absolute atomic E-state index is 12.3. The van der Waals surface area contributed by atoms with E-state index in [0.717, 1.165) is 4.90 Å². The number of carbonyl (C=O) groups is 1. The molecule has 0 bridgehead atoms. The summed E-state index contributed by atoms with van der Waals surface area (Å²) in [5, 5.41) is 9.94. The molecule has 0 aromatic rings. The molecule has 1 rings (SSSR count). The van der Waals surface area contributed by atoms with Crippen LogP contribution >= 0.6 is 0 Å². The summed E-state index contributed by atoms with van der Waals surface area (Å²) in [7, 11) is 2.67. The lowest BCUT2D eigenvalue weighted by atomic mass is 10.1. The lowest BCUT2D eigenvalue weighted by molar-refractivity contribution is -0.392. The third-order valence-corrected chi connectivity index (χ3v) is 2.81. The smallest absolute Gasteiger partial charge is 0.416 e. The Labute approximate surface area is 119 Å². The van der Waals surface area contributed by atoms with E-state index in [1.807, 2.05) is 0 Å². The summed E-state index contributed by atoms with van der Waals surface area (Å²) in [5.41, 5.74) is -0.698. The second-order valence-electron chi connectivity index (χ2n) is 5.39. The molecule has 0 saturated carbocycles. The minimum absolute atomic E-state index is 0.0358. The minimum Gasteiger partial charge on any atom is -0.444 e. The Morgan fingerprint density at radius 3 is 2.45 bits per heavy atom. The fraction of sp³-hybridized carbons (Fsp3) is 0.769. The first-order valence-corrected chi connectivity index (χ1v) is 6.28. The first kappa shape index (κ1) is 16.9. The number of carbonyl (C=O) groups excluding carboxylic acids is 1. The van der Waals surface area contributed by atoms with E-state index in [1.165, 1.54) is 20.3 Å². The lowest BCUT2D eigenvalue weighted by Gasteiger charge is -2.36. The van der Waals surface area contributed by atoms with Crippen molar-refractivity contribution in [1.82, 2.24) is 4.90 Å². The van der Waals surface area contributed by atoms with E-state index in [2.05, 4.69) is 6.58 Å². The van der Waals surface area contributed by atoms with Crippen molar-refractivity contribution in [3.05, 3.63) is 12.7 Å². The van der Waals surface area contributed by atoms with Crippen LogP contribution < -0.4 is 0 Å². The van der Waals surface area contributed by atoms with E-state index in [4.69, 9.17) is 18.9 Å². The highest BCUT2D eigenvalue weighted by Gasteiger charge is 2.55. The topological polar surface area (TPSA) is 77.5 Å². The van der Waals surface area contributed by atoms with Crippen LogP contribution in [0.1, 0.15) is 20.8 Å². The summed E-state index contributed by atoms with van der Waals surface area (Å²) >= 11 is 0. The van der Waals surface area contributed by atoms with E-state index in [1.54, 1.807) is 20.8 Å². The van der Waals surface area contributed by atoms with Crippen LogP contribution in [0, 0.1) is 0 Å². The number of aliphatic hydroxyl groups excluding tert-OH is 1. The minimum atomic E-state index is -1.71. The fourth-order valence-electron chi connectivity index (χ4n) is 1.90. The van der Waals surface area contributed by atoms with Gasteiger partial charge in [0.05, 0.1) is 18.8 Å². The number of hydrogen-bond donors (Lipinski definition) is 1. The average Bonchev–Trinajstić information content (AvgIpc) is 2.75. The predicted molar refractivity (Wildman–Crippen MR) is 70.8 cm³/mol. The molecule has 0 aliphatic carbocycles. The largest absolute Gasteiger partial charge is 0.444 e. The van der Waals surface area contributed by atoms with Crippen LogP contribution in [0.25, 0.3) is 0 Å². The number of aliphatic hydroxyl groups is 1. The number of rotatable bonds is 4. The summed E-state index contributed by atoms with van der Waals surface area (Å²) in [4.78, 5) is 13.4. The Balaban J connectivity index is 3.07. The third kappa shape index (κ3) is 3.29. The van der Waals surface area contributed by atoms with Gasteiger partial charge in [0, 0.05) is 14.2 Å². The molecule has 1 unspecified atom stereocenters. The van der Waals surface area contributed by atoms with Crippen LogP contribution in [0.2, 0.25) is 0 Å². The standard InChI is InChI=1S/C13H23NO6/c1-7-10(15)9-8-19-13(17-5,18-6)14(9)11(16)20-12(2,3)4/h7,9-10,15H,1,8H2,2-6H3/t9-,10?/m0/s1. The molecule has 2 atom stereocenters. The molecule has 0 radical (unpaired) electrons. The van der Waals surface area contributed by atoms with Gasteiger partial charge in [0.1, 0.15) is 5.60 Å². The second kappa shape index (κ2) is 6.09. The summed E-state index contributed by atoms with van der Waals surface area (Å²) in [5.74, 6) is 0. The predicted octanol–water partition coefficient (Wildman–Crippen LogP) is 1.07. The van der Waals surface area contributed by atoms with Gasteiger partial charge in [-0.05, 0) is 20.8 Å². The number of nitrogens with zero attached hydrogens (tertiary/aromatic N) is 1. The first-order chi connectivity index (χ1) is 9.20. The number of ether oxygens (including phenoxy) is 4. The molecule has 0 aromatic heterocycles. The van der Waals surface area contributed by atoms with Crippen LogP contribution in [0.3, 0.4) is 0 Å². The van der Waals surface area contributed by atoms with Gasteiger partial charge in [-0.2, -0.15) is 0 Å². The van der Waals surface area contributed by atoms with Gasteiger partial charge in [-0.3, -0.25) is 0 Å². The highest BCUT2D eigenvalue weighted by molar-refractivity contribution is 5.69. The first-order valence-electron chi connectivity index (χ1n) is 6.28. The molecule has 1 saturated heterocycles. The molecule has 1 aliphatic rings. The van der Waals surface area contributed by atoms with Gasteiger partial charge in [0.2, 0.25) is 0 Å². The maximum atomic E-state index is 12.3. The number of amides is 1. The highest BCUT2D eigenvalue weighted by Crippen LogP contribution is 2.33. The average molecular weight is 289 g/mol. The van der Waals surface area contributed by atoms with Crippen LogP contribution in [0.5, 0.6) is 0 Å². The molecule has 20 heavy (non-hydrogen) atoms. The number of methoxy groups -OCH3 is 2. The van der Waals surface area contributed by atoms with Crippen molar-refractivity contribution in [3.8, 4) is 0 Å². The molecule has 116 valence electrons. The monoisotopic (exact) mass is 289 g/mol. The zero-order valence-corrected chi connectivity index (χ0v) is 12.6. The Morgan fingerprint density at radius 1 is 1.50 bits per heavy atom. The van der Waals surface area contributed by atoms with Crippen molar-refractivity contribution in [2.45, 2.75) is 44.6 Å². The van der Waals surface area contributed by atoms with Gasteiger partial charge in [-0.15, -0.1) is 6.58 Å². The van der Waals surface area contributed by atoms with E-state index in [-0.39, 0.29) is 6.61 Å². The quantitative estimate of drug-likeness (QED) is 0.616. The van der Waals surface area contributed by atoms with Crippen molar-refractivity contribution in [3.63, 3.8) is 0 Å². The molecule has 1 fully saturated rings. The molecule has 1 heterocycles. The molecule has 0 spiro atoms. The van der Waals surface area contributed by atoms with E-state index in [9.17, 15) is 9.90 Å². The van der Waals surface area contributed by atoms with Crippen molar-refractivity contribution in [1.29, 1.82) is 0 Å². The van der Waals surface area contributed by atoms with Crippen LogP contribution in [-0.2, 0) is 18.9 Å². The van der Waals surface area contributed by atoms with Crippen LogP contribution in [0.15, 0.2) is 12.7 Å². The molecular formula is C13H23NO6. The Hall–Kier alpha value is -1.15. The van der Waals surface area contributed by atoms with Crippen molar-refractivity contribution in [2.75, 3.05) is 20.8 Å². The molecule has 1 amide bonds. The van der Waals surface area contributed by atoms with Gasteiger partial charge in [0.15, 0.2) is 0 Å². The lowest BCUT2D eigenvalue weighted by Crippen LogP contribution is -2.57. The van der Waals surface area contributed by atoms with Gasteiger partial charge >= 0.3 is 12.2 Å². The highest BCUT2D eigenvalue weighted by atomic mass is 16.9. The van der Waals surface area contributed by atoms with Gasteiger partial charge in [-0.1, -0.05) is 6.08 Å². The molecule has 1 N–H and O–H groups in total. The van der Waals surface area contributed by atoms with E-state index < -0.39 is 29.9 Å². The summed E-state index contributed by atoms with van der Waals surface area (Å²) in [6.45, 7) is 8.76. The molecule has 7 heteroatoms. The van der Waals surface area contributed by atoms with Gasteiger partial charge < -0.3 is 24.1 Å². The molecular weight excluding hydrogens is 266 g/mol. The van der Waals surface area contributed by atoms with E-state index >= 15 is 0 Å². The zero-order chi connectivity index (χ0) is 15.6. The second-order valence-corrected chi connectivity index (χ2v) is 5.39. The van der Waals surface area contributed by atoms with Crippen molar-refractivity contribution < 1.29 is 28.8 Å². The Kier molecular flexibility index (Phi) is 5.15. The SMILES string of the molecule is C=CC(O)[C@@H]1COC(OC)(OC)N1C(=O)OC(C)(C)C. The Morgan fingerprint density at radius 2 is 2.05 bits per heavy atom. The zero-order valence-electron chi connectivity index (χ0n) is 12.6.